The summed E-state index contributed by atoms with van der Waals surface area (Å²) in [5.41, 5.74) is 4.01. The van der Waals surface area contributed by atoms with E-state index in [1.54, 1.807) is 0 Å². The van der Waals surface area contributed by atoms with Crippen molar-refractivity contribution in [1.29, 1.82) is 0 Å². The van der Waals surface area contributed by atoms with Crippen molar-refractivity contribution in [3.63, 3.8) is 0 Å². The van der Waals surface area contributed by atoms with Crippen molar-refractivity contribution in [3.05, 3.63) is 46.8 Å². The molecule has 3 rings (SSSR count). The second-order valence-corrected chi connectivity index (χ2v) is 8.31. The molecule has 1 heterocycles. The quantitative estimate of drug-likeness (QED) is 0.393. The summed E-state index contributed by atoms with van der Waals surface area (Å²) in [7, 11) is 0. The summed E-state index contributed by atoms with van der Waals surface area (Å²) >= 11 is 0. The fourth-order valence-electron chi connectivity index (χ4n) is 4.18. The fraction of sp³-hybridized carbons (Fsp3) is 0.560. The molecule has 2 aromatic rings. The van der Waals surface area contributed by atoms with E-state index in [1.165, 1.54) is 6.42 Å². The normalized spacial score (nSPS) is 14.9. The lowest BCUT2D eigenvalue weighted by atomic mass is 9.88. The number of anilines is 1. The highest BCUT2D eigenvalue weighted by atomic mass is 16.5. The number of rotatable bonds is 9. The largest absolute Gasteiger partial charge is 0.361 e. The zero-order valence-corrected chi connectivity index (χ0v) is 19.7. The zero-order valence-electron chi connectivity index (χ0n) is 19.7. The van der Waals surface area contributed by atoms with Crippen molar-refractivity contribution in [2.24, 2.45) is 10.9 Å². The summed E-state index contributed by atoms with van der Waals surface area (Å²) in [4.78, 5) is 17.3. The van der Waals surface area contributed by atoms with Crippen LogP contribution in [0.15, 0.2) is 33.8 Å². The molecular weight excluding hydrogens is 402 g/mol. The Morgan fingerprint density at radius 2 is 1.94 bits per heavy atom. The Morgan fingerprint density at radius 1 is 1.12 bits per heavy atom. The van der Waals surface area contributed by atoms with Crippen molar-refractivity contribution in [3.8, 4) is 0 Å². The number of aryl methyl sites for hydroxylation is 2. The second-order valence-electron chi connectivity index (χ2n) is 8.31. The number of nitrogens with zero attached hydrogens (tertiary/aromatic N) is 2. The number of hydrogen-bond donors (Lipinski definition) is 3. The van der Waals surface area contributed by atoms with Crippen LogP contribution in [0.3, 0.4) is 0 Å². The predicted octanol–water partition coefficient (Wildman–Crippen LogP) is 4.57. The minimum atomic E-state index is 0.146. The third kappa shape index (κ3) is 6.58. The van der Waals surface area contributed by atoms with Gasteiger partial charge in [0.1, 0.15) is 5.76 Å². The van der Waals surface area contributed by atoms with Gasteiger partial charge in [-0.1, -0.05) is 50.4 Å². The molecule has 0 spiro atoms. The number of hydrogen-bond acceptors (Lipinski definition) is 4. The van der Waals surface area contributed by atoms with Crippen LogP contribution in [-0.4, -0.2) is 23.6 Å². The molecule has 1 aromatic heterocycles. The smallest absolute Gasteiger partial charge is 0.227 e. The van der Waals surface area contributed by atoms with E-state index in [0.717, 1.165) is 79.3 Å². The van der Waals surface area contributed by atoms with Crippen LogP contribution in [0.5, 0.6) is 0 Å². The zero-order chi connectivity index (χ0) is 22.8. The number of carbonyl (C=O) groups excluding carboxylic acids is 1. The number of carbonyl (C=O) groups is 1. The lowest BCUT2D eigenvalue weighted by molar-refractivity contribution is -0.120. The molecule has 7 heteroatoms. The molecule has 0 radical (unpaired) electrons. The molecule has 0 atom stereocenters. The number of guanidine groups is 1. The number of amides is 1. The number of aliphatic imine (C=N–C) groups is 1. The molecule has 1 aliphatic carbocycles. The van der Waals surface area contributed by atoms with E-state index >= 15 is 0 Å². The highest BCUT2D eigenvalue weighted by Gasteiger charge is 2.21. The SMILES string of the molecule is CCNC(=NCc1cccc(NC(=O)C2CCCCC2)c1)NCc1c(CC)noc1CC. The van der Waals surface area contributed by atoms with Crippen LogP contribution in [0, 0.1) is 5.92 Å². The standard InChI is InChI=1S/C25H37N5O2/c1-4-22-21(23(5-2)32-30-22)17-28-25(26-6-3)27-16-18-11-10-14-20(15-18)29-24(31)19-12-8-7-9-13-19/h10-11,14-15,19H,4-9,12-13,16-17H2,1-3H3,(H,29,31)(H2,26,27,28). The molecule has 0 saturated heterocycles. The van der Waals surface area contributed by atoms with Crippen molar-refractivity contribution in [2.75, 3.05) is 11.9 Å². The first-order valence-corrected chi connectivity index (χ1v) is 12.0. The van der Waals surface area contributed by atoms with E-state index in [9.17, 15) is 4.79 Å². The summed E-state index contributed by atoms with van der Waals surface area (Å²) in [5.74, 6) is 1.96. The summed E-state index contributed by atoms with van der Waals surface area (Å²) in [6, 6.07) is 7.97. The molecule has 32 heavy (non-hydrogen) atoms. The van der Waals surface area contributed by atoms with Gasteiger partial charge in [0.05, 0.1) is 12.2 Å². The van der Waals surface area contributed by atoms with E-state index in [-0.39, 0.29) is 11.8 Å². The first kappa shape index (κ1) is 23.8. The van der Waals surface area contributed by atoms with Crippen molar-refractivity contribution in [1.82, 2.24) is 15.8 Å². The van der Waals surface area contributed by atoms with Crippen LogP contribution in [0.1, 0.15) is 75.5 Å². The van der Waals surface area contributed by atoms with Crippen LogP contribution < -0.4 is 16.0 Å². The number of nitrogens with one attached hydrogen (secondary N) is 3. The molecule has 1 aromatic carbocycles. The lowest BCUT2D eigenvalue weighted by Crippen LogP contribution is -2.37. The molecule has 3 N–H and O–H groups in total. The predicted molar refractivity (Wildman–Crippen MR) is 129 cm³/mol. The van der Waals surface area contributed by atoms with E-state index < -0.39 is 0 Å². The highest BCUT2D eigenvalue weighted by molar-refractivity contribution is 5.92. The molecule has 1 fully saturated rings. The Labute approximate surface area is 191 Å². The maximum Gasteiger partial charge on any atom is 0.227 e. The van der Waals surface area contributed by atoms with Crippen LogP contribution in [0.4, 0.5) is 5.69 Å². The van der Waals surface area contributed by atoms with Crippen molar-refractivity contribution >= 4 is 17.6 Å². The molecule has 7 nitrogen and oxygen atoms in total. The summed E-state index contributed by atoms with van der Waals surface area (Å²) in [5, 5.41) is 14.0. The summed E-state index contributed by atoms with van der Waals surface area (Å²) < 4.78 is 5.46. The summed E-state index contributed by atoms with van der Waals surface area (Å²) in [6.07, 6.45) is 7.21. The molecule has 174 valence electrons. The third-order valence-electron chi connectivity index (χ3n) is 5.97. The van der Waals surface area contributed by atoms with Crippen molar-refractivity contribution < 1.29 is 9.32 Å². The Bertz CT molecular complexity index is 878. The van der Waals surface area contributed by atoms with Gasteiger partial charge in [-0.25, -0.2) is 4.99 Å². The monoisotopic (exact) mass is 439 g/mol. The first-order chi connectivity index (χ1) is 15.6. The van der Waals surface area contributed by atoms with Crippen LogP contribution in [-0.2, 0) is 30.7 Å². The van der Waals surface area contributed by atoms with E-state index in [0.29, 0.717) is 13.1 Å². The molecule has 0 bridgehead atoms. The third-order valence-corrected chi connectivity index (χ3v) is 5.97. The Morgan fingerprint density at radius 3 is 2.66 bits per heavy atom. The van der Waals surface area contributed by atoms with Gasteiger partial charge in [-0.05, 0) is 43.9 Å². The van der Waals surface area contributed by atoms with Gasteiger partial charge in [-0.2, -0.15) is 0 Å². The van der Waals surface area contributed by atoms with Crippen LogP contribution >= 0.6 is 0 Å². The molecular formula is C25H37N5O2. The van der Waals surface area contributed by atoms with Gasteiger partial charge < -0.3 is 20.5 Å². The highest BCUT2D eigenvalue weighted by Crippen LogP contribution is 2.25. The van der Waals surface area contributed by atoms with Gasteiger partial charge in [-0.15, -0.1) is 0 Å². The van der Waals surface area contributed by atoms with E-state index in [2.05, 4.69) is 35.0 Å². The maximum atomic E-state index is 12.6. The van der Waals surface area contributed by atoms with Gasteiger partial charge >= 0.3 is 0 Å². The molecule has 0 aliphatic heterocycles. The minimum Gasteiger partial charge on any atom is -0.361 e. The van der Waals surface area contributed by atoms with Crippen LogP contribution in [0.2, 0.25) is 0 Å². The maximum absolute atomic E-state index is 12.6. The number of benzene rings is 1. The van der Waals surface area contributed by atoms with Gasteiger partial charge in [0, 0.05) is 36.7 Å². The average molecular weight is 440 g/mol. The first-order valence-electron chi connectivity index (χ1n) is 12.0. The Balaban J connectivity index is 1.61. The Kier molecular flexibility index (Phi) is 9.13. The van der Waals surface area contributed by atoms with Crippen LogP contribution in [0.25, 0.3) is 0 Å². The molecule has 1 aliphatic rings. The van der Waals surface area contributed by atoms with Crippen molar-refractivity contribution in [2.45, 2.75) is 78.8 Å². The topological polar surface area (TPSA) is 91.5 Å². The molecule has 0 unspecified atom stereocenters. The molecule has 1 saturated carbocycles. The van der Waals surface area contributed by atoms with Gasteiger partial charge in [-0.3, -0.25) is 4.79 Å². The molecule has 1 amide bonds. The van der Waals surface area contributed by atoms with Gasteiger partial charge in [0.25, 0.3) is 0 Å². The minimum absolute atomic E-state index is 0.146. The van der Waals surface area contributed by atoms with Gasteiger partial charge in [0.15, 0.2) is 5.96 Å². The Hall–Kier alpha value is -2.83. The van der Waals surface area contributed by atoms with E-state index in [1.807, 2.05) is 31.2 Å². The number of aromatic nitrogens is 1. The summed E-state index contributed by atoms with van der Waals surface area (Å²) in [6.45, 7) is 8.12. The average Bonchev–Trinajstić information content (AvgIpc) is 3.23. The van der Waals surface area contributed by atoms with Gasteiger partial charge in [0.2, 0.25) is 5.91 Å². The fourth-order valence-corrected chi connectivity index (χ4v) is 4.18. The lowest BCUT2D eigenvalue weighted by Gasteiger charge is -2.20. The second kappa shape index (κ2) is 12.3. The van der Waals surface area contributed by atoms with E-state index in [4.69, 9.17) is 9.52 Å².